The second kappa shape index (κ2) is 6.62. The molecule has 2 saturated carbocycles. The van der Waals surface area contributed by atoms with Crippen LogP contribution in [0.15, 0.2) is 23.0 Å². The number of carbonyl (C=O) groups excluding carboxylic acids is 3. The molecule has 4 heterocycles. The van der Waals surface area contributed by atoms with Gasteiger partial charge in [0.1, 0.15) is 24.3 Å². The molecule has 5 fully saturated rings. The summed E-state index contributed by atoms with van der Waals surface area (Å²) >= 11 is 0. The first-order valence-electron chi connectivity index (χ1n) is 12.2. The molecule has 188 valence electrons. The molecule has 6 rings (SSSR count). The third kappa shape index (κ3) is 2.41. The molecular weight excluding hydrogens is 456 g/mol. The quantitative estimate of drug-likeness (QED) is 0.389. The Morgan fingerprint density at radius 2 is 1.80 bits per heavy atom. The maximum absolute atomic E-state index is 14.2. The lowest BCUT2D eigenvalue weighted by Gasteiger charge is -2.63. The van der Waals surface area contributed by atoms with Crippen LogP contribution in [0.1, 0.15) is 63.7 Å². The first-order chi connectivity index (χ1) is 16.4. The van der Waals surface area contributed by atoms with Crippen molar-refractivity contribution < 1.29 is 42.9 Å². The van der Waals surface area contributed by atoms with Crippen LogP contribution in [0, 0.1) is 28.1 Å². The van der Waals surface area contributed by atoms with Gasteiger partial charge in [0, 0.05) is 17.8 Å². The Hall–Kier alpha value is -2.52. The maximum atomic E-state index is 14.2. The van der Waals surface area contributed by atoms with Crippen LogP contribution in [0.2, 0.25) is 0 Å². The van der Waals surface area contributed by atoms with Crippen molar-refractivity contribution >= 4 is 23.5 Å². The zero-order valence-corrected chi connectivity index (χ0v) is 20.3. The summed E-state index contributed by atoms with van der Waals surface area (Å²) in [7, 11) is 0. The summed E-state index contributed by atoms with van der Waals surface area (Å²) in [5.41, 5.74) is -5.08. The molecule has 1 N–H and O–H groups in total. The molecule has 3 aliphatic heterocycles. The fourth-order valence-corrected chi connectivity index (χ4v) is 8.80. The van der Waals surface area contributed by atoms with Crippen LogP contribution in [0.5, 0.6) is 0 Å². The number of carboxylic acid groups (broad SMARTS) is 1. The van der Waals surface area contributed by atoms with Gasteiger partial charge < -0.3 is 23.7 Å². The van der Waals surface area contributed by atoms with E-state index in [-0.39, 0.29) is 48.8 Å². The summed E-state index contributed by atoms with van der Waals surface area (Å²) < 4.78 is 23.3. The van der Waals surface area contributed by atoms with Crippen LogP contribution in [0.3, 0.4) is 0 Å². The molecule has 0 radical (unpaired) electrons. The molecule has 0 unspecified atom stereocenters. The third-order valence-corrected chi connectivity index (χ3v) is 10.3. The maximum Gasteiger partial charge on any atom is 0.335 e. The summed E-state index contributed by atoms with van der Waals surface area (Å²) in [5.74, 6) is -2.53. The van der Waals surface area contributed by atoms with E-state index in [1.165, 1.54) is 12.5 Å². The second-order valence-electron chi connectivity index (χ2n) is 11.9. The highest BCUT2D eigenvalue weighted by atomic mass is 16.6. The normalized spacial score (nSPS) is 47.4. The van der Waals surface area contributed by atoms with Crippen molar-refractivity contribution in [3.8, 4) is 0 Å². The van der Waals surface area contributed by atoms with Crippen LogP contribution in [-0.4, -0.2) is 58.6 Å². The number of carbonyl (C=O) groups is 4. The highest BCUT2D eigenvalue weighted by Gasteiger charge is 2.88. The summed E-state index contributed by atoms with van der Waals surface area (Å²) in [6, 6.07) is 1.55. The van der Waals surface area contributed by atoms with E-state index in [9.17, 15) is 24.3 Å². The third-order valence-electron chi connectivity index (χ3n) is 10.3. The van der Waals surface area contributed by atoms with Gasteiger partial charge in [0.2, 0.25) is 0 Å². The summed E-state index contributed by atoms with van der Waals surface area (Å²) in [4.78, 5) is 52.6. The first-order valence-corrected chi connectivity index (χ1v) is 12.2. The number of fused-ring (bicyclic) bond motifs is 2. The Labute approximate surface area is 202 Å². The van der Waals surface area contributed by atoms with Crippen LogP contribution in [0.25, 0.3) is 0 Å². The van der Waals surface area contributed by atoms with Gasteiger partial charge in [0.25, 0.3) is 0 Å². The number of carboxylic acids is 1. The number of rotatable bonds is 3. The smallest absolute Gasteiger partial charge is 0.335 e. The molecule has 1 aromatic rings. The number of hydrogen-bond donors (Lipinski definition) is 1. The van der Waals surface area contributed by atoms with Crippen molar-refractivity contribution in [1.82, 2.24) is 0 Å². The van der Waals surface area contributed by atoms with Gasteiger partial charge >= 0.3 is 11.9 Å². The van der Waals surface area contributed by atoms with E-state index in [4.69, 9.17) is 18.6 Å². The molecule has 0 amide bonds. The zero-order valence-electron chi connectivity index (χ0n) is 20.3. The lowest BCUT2D eigenvalue weighted by Crippen LogP contribution is -2.72. The number of ketones is 2. The van der Waals surface area contributed by atoms with Crippen molar-refractivity contribution in [2.75, 3.05) is 6.61 Å². The predicted octanol–water partition coefficient (Wildman–Crippen LogP) is 2.81. The van der Waals surface area contributed by atoms with Crippen LogP contribution < -0.4 is 0 Å². The fourth-order valence-electron chi connectivity index (χ4n) is 8.80. The number of hydrogen-bond acceptors (Lipinski definition) is 8. The van der Waals surface area contributed by atoms with Gasteiger partial charge in [0.05, 0.1) is 40.8 Å². The molecule has 9 heteroatoms. The lowest BCUT2D eigenvalue weighted by molar-refractivity contribution is -0.204. The average Bonchev–Trinajstić information content (AvgIpc) is 3.25. The monoisotopic (exact) mass is 486 g/mol. The van der Waals surface area contributed by atoms with Gasteiger partial charge in [-0.1, -0.05) is 0 Å². The highest BCUT2D eigenvalue weighted by Crippen LogP contribution is 2.77. The largest absolute Gasteiger partial charge is 0.479 e. The zero-order chi connectivity index (χ0) is 25.2. The number of furan rings is 1. The average molecular weight is 487 g/mol. The lowest BCUT2D eigenvalue weighted by atomic mass is 9.37. The highest BCUT2D eigenvalue weighted by molar-refractivity contribution is 6.04. The molecular formula is C26H30O9. The van der Waals surface area contributed by atoms with Crippen molar-refractivity contribution in [3.05, 3.63) is 24.2 Å². The van der Waals surface area contributed by atoms with Gasteiger partial charge in [-0.3, -0.25) is 14.4 Å². The molecule has 0 aromatic carbocycles. The molecule has 5 aliphatic rings. The molecule has 35 heavy (non-hydrogen) atoms. The second-order valence-corrected chi connectivity index (χ2v) is 11.9. The van der Waals surface area contributed by atoms with Crippen LogP contribution in [-0.2, 0) is 28.6 Å². The van der Waals surface area contributed by atoms with E-state index in [2.05, 4.69) is 0 Å². The van der Waals surface area contributed by atoms with Crippen molar-refractivity contribution in [2.45, 2.75) is 76.8 Å². The number of aliphatic carboxylic acids is 1. The Bertz CT molecular complexity index is 1150. The molecule has 9 nitrogen and oxygen atoms in total. The molecule has 1 aromatic heterocycles. The van der Waals surface area contributed by atoms with E-state index in [0.29, 0.717) is 18.4 Å². The van der Waals surface area contributed by atoms with Crippen molar-refractivity contribution in [1.29, 1.82) is 0 Å². The van der Waals surface area contributed by atoms with E-state index in [1.54, 1.807) is 19.9 Å². The van der Waals surface area contributed by atoms with Gasteiger partial charge in [-0.15, -0.1) is 0 Å². The van der Waals surface area contributed by atoms with Gasteiger partial charge in [-0.2, -0.15) is 0 Å². The standard InChI is InChI=1S/C26H30O9/c1-22(2)15-9-16(27)24(4)14(25(15)12-33-18(28)10-17(25)34-22)5-7-23(3,19(29)13-6-8-32-11-13)26(24)20(35-26)21(30)31/h6,8,11,14-15,17,20H,5,7,9-10,12H2,1-4H3,(H,30,31)/t14-,15-,17-,20+,23-,24-,25+,26+/m0/s1. The number of Topliss-reactive ketones (excluding diaryl/α,β-unsaturated/α-hetero) is 2. The molecule has 2 spiro atoms. The molecule has 8 atom stereocenters. The number of cyclic esters (lactones) is 1. The minimum absolute atomic E-state index is 0.0855. The summed E-state index contributed by atoms with van der Waals surface area (Å²) in [5, 5.41) is 10.1. The van der Waals surface area contributed by atoms with Crippen LogP contribution in [0.4, 0.5) is 0 Å². The van der Waals surface area contributed by atoms with E-state index in [0.717, 1.165) is 0 Å². The predicted molar refractivity (Wildman–Crippen MR) is 117 cm³/mol. The Kier molecular flexibility index (Phi) is 4.33. The van der Waals surface area contributed by atoms with Crippen LogP contribution >= 0.6 is 0 Å². The minimum Gasteiger partial charge on any atom is -0.479 e. The number of esters is 1. The van der Waals surface area contributed by atoms with Crippen molar-refractivity contribution in [2.24, 2.45) is 28.1 Å². The first kappa shape index (κ1) is 22.9. The SMILES string of the molecule is CC1(C)O[C@H]2CC(=O)OC[C@]23[C@H]2CC[C@@](C)(C(=O)c4ccoc4)[C@@]4(O[C@@H]4C(=O)O)[C@]2(C)C(=O)C[C@@H]13. The Balaban J connectivity index is 1.54. The van der Waals surface area contributed by atoms with Gasteiger partial charge in [-0.25, -0.2) is 4.79 Å². The number of ether oxygens (including phenoxy) is 3. The Morgan fingerprint density at radius 1 is 1.06 bits per heavy atom. The van der Waals surface area contributed by atoms with Gasteiger partial charge in [0.15, 0.2) is 11.9 Å². The molecule has 2 aliphatic carbocycles. The van der Waals surface area contributed by atoms with E-state index in [1.807, 2.05) is 13.8 Å². The van der Waals surface area contributed by atoms with Gasteiger partial charge in [-0.05, 0) is 52.5 Å². The summed E-state index contributed by atoms with van der Waals surface area (Å²) in [6.45, 7) is 7.48. The summed E-state index contributed by atoms with van der Waals surface area (Å²) in [6.07, 6.45) is 2.02. The minimum atomic E-state index is -1.53. The molecule has 3 saturated heterocycles. The number of epoxide rings is 1. The van der Waals surface area contributed by atoms with E-state index >= 15 is 0 Å². The van der Waals surface area contributed by atoms with Crippen molar-refractivity contribution in [3.63, 3.8) is 0 Å². The topological polar surface area (TPSA) is 133 Å². The molecule has 0 bridgehead atoms. The fraction of sp³-hybridized carbons (Fsp3) is 0.692. The van der Waals surface area contributed by atoms with E-state index < -0.39 is 45.6 Å². The Morgan fingerprint density at radius 3 is 2.43 bits per heavy atom.